The third kappa shape index (κ3) is 5.60. The van der Waals surface area contributed by atoms with Crippen LogP contribution in [0.5, 0.6) is 0 Å². The first kappa shape index (κ1) is 13.6. The molecule has 0 aliphatic heterocycles. The van der Waals surface area contributed by atoms with Crippen LogP contribution in [0.25, 0.3) is 0 Å². The predicted molar refractivity (Wildman–Crippen MR) is 68.8 cm³/mol. The second kappa shape index (κ2) is 7.01. The van der Waals surface area contributed by atoms with Gasteiger partial charge < -0.3 is 16.2 Å². The topological polar surface area (TPSA) is 75.3 Å². The monoisotopic (exact) mass is 306 g/mol. The van der Waals surface area contributed by atoms with Crippen molar-refractivity contribution < 1.29 is 9.90 Å². The van der Waals surface area contributed by atoms with Gasteiger partial charge in [-0.3, -0.25) is 4.79 Å². The van der Waals surface area contributed by atoms with Crippen molar-refractivity contribution in [3.8, 4) is 0 Å². The van der Waals surface area contributed by atoms with Crippen LogP contribution >= 0.6 is 27.3 Å². The molecule has 0 aromatic carbocycles. The number of hydrogen-bond donors (Lipinski definition) is 3. The number of carboxylic acids is 1. The molecule has 1 unspecified atom stereocenters. The van der Waals surface area contributed by atoms with Crippen LogP contribution in [-0.4, -0.2) is 30.2 Å². The SMILES string of the molecule is NC(CNCCc1ccc(Br)s1)CC(=O)O. The summed E-state index contributed by atoms with van der Waals surface area (Å²) >= 11 is 5.11. The smallest absolute Gasteiger partial charge is 0.304 e. The van der Waals surface area contributed by atoms with Gasteiger partial charge in [-0.1, -0.05) is 0 Å². The summed E-state index contributed by atoms with van der Waals surface area (Å²) in [5.74, 6) is -0.850. The summed E-state index contributed by atoms with van der Waals surface area (Å²) in [6.07, 6.45) is 0.952. The lowest BCUT2D eigenvalue weighted by atomic mass is 10.2. The normalized spacial score (nSPS) is 12.6. The summed E-state index contributed by atoms with van der Waals surface area (Å²) in [5, 5.41) is 11.7. The summed E-state index contributed by atoms with van der Waals surface area (Å²) < 4.78 is 1.13. The van der Waals surface area contributed by atoms with Crippen molar-refractivity contribution in [3.63, 3.8) is 0 Å². The van der Waals surface area contributed by atoms with Gasteiger partial charge in [0.2, 0.25) is 0 Å². The molecule has 1 rings (SSSR count). The minimum absolute atomic E-state index is 0.0115. The minimum atomic E-state index is -0.850. The fraction of sp³-hybridized carbons (Fsp3) is 0.500. The lowest BCUT2D eigenvalue weighted by molar-refractivity contribution is -0.137. The van der Waals surface area contributed by atoms with Crippen LogP contribution in [0, 0.1) is 0 Å². The Morgan fingerprint density at radius 1 is 1.62 bits per heavy atom. The van der Waals surface area contributed by atoms with Gasteiger partial charge in [-0.15, -0.1) is 11.3 Å². The van der Waals surface area contributed by atoms with E-state index in [1.807, 2.05) is 6.07 Å². The number of aliphatic carboxylic acids is 1. The molecule has 16 heavy (non-hydrogen) atoms. The molecule has 4 N–H and O–H groups in total. The van der Waals surface area contributed by atoms with Crippen LogP contribution in [-0.2, 0) is 11.2 Å². The highest BCUT2D eigenvalue weighted by Crippen LogP contribution is 2.21. The van der Waals surface area contributed by atoms with E-state index in [2.05, 4.69) is 27.3 Å². The summed E-state index contributed by atoms with van der Waals surface area (Å²) in [6.45, 7) is 1.36. The molecule has 90 valence electrons. The second-order valence-electron chi connectivity index (χ2n) is 3.52. The zero-order valence-corrected chi connectivity index (χ0v) is 11.2. The van der Waals surface area contributed by atoms with E-state index in [1.54, 1.807) is 11.3 Å². The van der Waals surface area contributed by atoms with Crippen molar-refractivity contribution in [2.75, 3.05) is 13.1 Å². The Morgan fingerprint density at radius 2 is 2.38 bits per heavy atom. The Morgan fingerprint density at radius 3 is 2.94 bits per heavy atom. The Kier molecular flexibility index (Phi) is 5.97. The Labute approximate surface area is 107 Å². The molecule has 1 aromatic rings. The molecule has 1 heterocycles. The maximum atomic E-state index is 10.4. The molecule has 0 saturated heterocycles. The van der Waals surface area contributed by atoms with Gasteiger partial charge in [-0.2, -0.15) is 0 Å². The molecular formula is C10H15BrN2O2S. The summed E-state index contributed by atoms with van der Waals surface area (Å²) in [5.41, 5.74) is 5.61. The molecule has 0 aliphatic carbocycles. The Bertz CT molecular complexity index is 343. The van der Waals surface area contributed by atoms with Gasteiger partial charge in [0.1, 0.15) is 0 Å². The number of carbonyl (C=O) groups is 1. The van der Waals surface area contributed by atoms with Crippen molar-refractivity contribution in [1.82, 2.24) is 5.32 Å². The van der Waals surface area contributed by atoms with E-state index >= 15 is 0 Å². The largest absolute Gasteiger partial charge is 0.481 e. The van der Waals surface area contributed by atoms with E-state index in [0.29, 0.717) is 6.54 Å². The van der Waals surface area contributed by atoms with Crippen LogP contribution in [0.3, 0.4) is 0 Å². The van der Waals surface area contributed by atoms with Gasteiger partial charge in [0.15, 0.2) is 0 Å². The Balaban J connectivity index is 2.10. The first-order valence-electron chi connectivity index (χ1n) is 5.00. The zero-order chi connectivity index (χ0) is 12.0. The number of carboxylic acid groups (broad SMARTS) is 1. The molecule has 0 amide bonds. The van der Waals surface area contributed by atoms with Crippen molar-refractivity contribution in [2.24, 2.45) is 5.73 Å². The lowest BCUT2D eigenvalue weighted by Gasteiger charge is -2.09. The van der Waals surface area contributed by atoms with Gasteiger partial charge in [0.05, 0.1) is 10.2 Å². The van der Waals surface area contributed by atoms with Crippen molar-refractivity contribution in [2.45, 2.75) is 18.9 Å². The molecule has 6 heteroatoms. The van der Waals surface area contributed by atoms with E-state index in [9.17, 15) is 4.79 Å². The predicted octanol–water partition coefficient (Wildman–Crippen LogP) is 1.44. The minimum Gasteiger partial charge on any atom is -0.481 e. The van der Waals surface area contributed by atoms with E-state index in [1.165, 1.54) is 4.88 Å². The van der Waals surface area contributed by atoms with E-state index in [-0.39, 0.29) is 12.5 Å². The molecule has 0 saturated carbocycles. The van der Waals surface area contributed by atoms with Crippen LogP contribution < -0.4 is 11.1 Å². The number of rotatable bonds is 7. The summed E-state index contributed by atoms with van der Waals surface area (Å²) in [6, 6.07) is 3.79. The van der Waals surface area contributed by atoms with Crippen LogP contribution in [0.1, 0.15) is 11.3 Å². The highest BCUT2D eigenvalue weighted by molar-refractivity contribution is 9.11. The van der Waals surface area contributed by atoms with Gasteiger partial charge in [-0.05, 0) is 34.5 Å². The highest BCUT2D eigenvalue weighted by atomic mass is 79.9. The average molecular weight is 307 g/mol. The van der Waals surface area contributed by atoms with Gasteiger partial charge in [0.25, 0.3) is 0 Å². The van der Waals surface area contributed by atoms with E-state index in [0.717, 1.165) is 16.8 Å². The zero-order valence-electron chi connectivity index (χ0n) is 8.78. The van der Waals surface area contributed by atoms with E-state index < -0.39 is 5.97 Å². The molecule has 0 spiro atoms. The molecule has 0 radical (unpaired) electrons. The first-order chi connectivity index (χ1) is 7.58. The standard InChI is InChI=1S/C10H15BrN2O2S/c11-9-2-1-8(16-9)3-4-13-6-7(12)5-10(14)15/h1-2,7,13H,3-6,12H2,(H,14,15). The number of halogens is 1. The number of nitrogens with one attached hydrogen (secondary N) is 1. The fourth-order valence-electron chi connectivity index (χ4n) is 1.28. The summed E-state index contributed by atoms with van der Waals surface area (Å²) in [4.78, 5) is 11.7. The maximum Gasteiger partial charge on any atom is 0.304 e. The average Bonchev–Trinajstić information content (AvgIpc) is 2.58. The summed E-state index contributed by atoms with van der Waals surface area (Å²) in [7, 11) is 0. The molecule has 1 atom stereocenters. The van der Waals surface area contributed by atoms with Gasteiger partial charge in [-0.25, -0.2) is 0 Å². The number of nitrogens with two attached hydrogens (primary N) is 1. The molecule has 0 bridgehead atoms. The van der Waals surface area contributed by atoms with Crippen molar-refractivity contribution in [1.29, 1.82) is 0 Å². The molecule has 0 fully saturated rings. The first-order valence-corrected chi connectivity index (χ1v) is 6.61. The Hall–Kier alpha value is -0.430. The quantitative estimate of drug-likeness (QED) is 0.666. The molecule has 0 aliphatic rings. The molecule has 4 nitrogen and oxygen atoms in total. The molecular weight excluding hydrogens is 292 g/mol. The lowest BCUT2D eigenvalue weighted by Crippen LogP contribution is -2.36. The molecule has 1 aromatic heterocycles. The van der Waals surface area contributed by atoms with Crippen molar-refractivity contribution in [3.05, 3.63) is 20.8 Å². The van der Waals surface area contributed by atoms with E-state index in [4.69, 9.17) is 10.8 Å². The maximum absolute atomic E-state index is 10.4. The van der Waals surface area contributed by atoms with Crippen molar-refractivity contribution >= 4 is 33.2 Å². The van der Waals surface area contributed by atoms with Crippen LogP contribution in [0.15, 0.2) is 15.9 Å². The number of thiophene rings is 1. The van der Waals surface area contributed by atoms with Crippen LogP contribution in [0.4, 0.5) is 0 Å². The number of hydrogen-bond acceptors (Lipinski definition) is 4. The third-order valence-electron chi connectivity index (χ3n) is 2.02. The fourth-order valence-corrected chi connectivity index (χ4v) is 2.76. The highest BCUT2D eigenvalue weighted by Gasteiger charge is 2.06. The van der Waals surface area contributed by atoms with Crippen LogP contribution in [0.2, 0.25) is 0 Å². The third-order valence-corrected chi connectivity index (χ3v) is 3.70. The second-order valence-corrected chi connectivity index (χ2v) is 6.07. The van der Waals surface area contributed by atoms with Gasteiger partial charge in [0, 0.05) is 24.0 Å². The van der Waals surface area contributed by atoms with Gasteiger partial charge >= 0.3 is 5.97 Å².